The largest absolute Gasteiger partial charge is 0.411 e. The summed E-state index contributed by atoms with van der Waals surface area (Å²) in [5, 5.41) is 11.9. The molecule has 25 heavy (non-hydrogen) atoms. The number of halogens is 1. The van der Waals surface area contributed by atoms with Gasteiger partial charge in [0.15, 0.2) is 0 Å². The van der Waals surface area contributed by atoms with Crippen molar-refractivity contribution in [2.75, 3.05) is 5.75 Å². The summed E-state index contributed by atoms with van der Waals surface area (Å²) in [7, 11) is 0. The monoisotopic (exact) mass is 373 g/mol. The van der Waals surface area contributed by atoms with E-state index in [0.717, 1.165) is 11.1 Å². The van der Waals surface area contributed by atoms with Gasteiger partial charge in [-0.25, -0.2) is 0 Å². The van der Waals surface area contributed by atoms with Crippen molar-refractivity contribution >= 4 is 29.3 Å². The average Bonchev–Trinajstić information content (AvgIpc) is 3.10. The van der Waals surface area contributed by atoms with Gasteiger partial charge < -0.3 is 9.73 Å². The second kappa shape index (κ2) is 8.18. The van der Waals surface area contributed by atoms with Gasteiger partial charge in [0.25, 0.3) is 5.22 Å². The first-order valence-corrected chi connectivity index (χ1v) is 9.05. The smallest absolute Gasteiger partial charge is 0.277 e. The average molecular weight is 374 g/mol. The molecule has 2 aromatic carbocycles. The highest BCUT2D eigenvalue weighted by Crippen LogP contribution is 2.24. The molecular formula is C18H16ClN3O2S. The molecule has 0 spiro atoms. The van der Waals surface area contributed by atoms with Crippen LogP contribution in [0.4, 0.5) is 0 Å². The van der Waals surface area contributed by atoms with Gasteiger partial charge in [-0.2, -0.15) is 0 Å². The number of thioether (sulfide) groups is 1. The Morgan fingerprint density at radius 1 is 1.16 bits per heavy atom. The fourth-order valence-corrected chi connectivity index (χ4v) is 2.91. The van der Waals surface area contributed by atoms with E-state index in [2.05, 4.69) is 15.5 Å². The van der Waals surface area contributed by atoms with Crippen LogP contribution in [0.15, 0.2) is 64.2 Å². The first kappa shape index (κ1) is 17.5. The van der Waals surface area contributed by atoms with Gasteiger partial charge in [-0.1, -0.05) is 53.7 Å². The van der Waals surface area contributed by atoms with E-state index >= 15 is 0 Å². The number of hydrogen-bond acceptors (Lipinski definition) is 5. The highest BCUT2D eigenvalue weighted by Gasteiger charge is 2.13. The molecule has 0 saturated heterocycles. The molecule has 0 radical (unpaired) electrons. The third-order valence-corrected chi connectivity index (χ3v) is 4.57. The Hall–Kier alpha value is -2.31. The molecule has 1 N–H and O–H groups in total. The lowest BCUT2D eigenvalue weighted by Gasteiger charge is -2.13. The summed E-state index contributed by atoms with van der Waals surface area (Å²) >= 11 is 7.07. The Balaban J connectivity index is 1.53. The predicted octanol–water partition coefficient (Wildman–Crippen LogP) is 4.36. The maximum Gasteiger partial charge on any atom is 0.277 e. The first-order valence-electron chi connectivity index (χ1n) is 7.68. The van der Waals surface area contributed by atoms with Crippen molar-refractivity contribution < 1.29 is 9.21 Å². The second-order valence-corrected chi connectivity index (χ2v) is 6.73. The standard InChI is InChI=1S/C18H16ClN3O2S/c1-12(13-5-3-2-4-6-13)20-16(23)11-25-18-22-21-17(24-18)14-7-9-15(19)10-8-14/h2-10,12H,11H2,1H3,(H,20,23)/t12-/m1/s1. The lowest BCUT2D eigenvalue weighted by molar-refractivity contribution is -0.119. The van der Waals surface area contributed by atoms with Crippen molar-refractivity contribution in [1.82, 2.24) is 15.5 Å². The van der Waals surface area contributed by atoms with Gasteiger partial charge in [0, 0.05) is 10.6 Å². The summed E-state index contributed by atoms with van der Waals surface area (Å²) < 4.78 is 5.57. The maximum absolute atomic E-state index is 12.1. The summed E-state index contributed by atoms with van der Waals surface area (Å²) in [6.45, 7) is 1.95. The Bertz CT molecular complexity index is 837. The van der Waals surface area contributed by atoms with E-state index in [1.807, 2.05) is 37.3 Å². The Morgan fingerprint density at radius 2 is 1.88 bits per heavy atom. The number of nitrogens with zero attached hydrogens (tertiary/aromatic N) is 2. The molecule has 7 heteroatoms. The lowest BCUT2D eigenvalue weighted by Crippen LogP contribution is -2.28. The van der Waals surface area contributed by atoms with Crippen LogP contribution in [0.5, 0.6) is 0 Å². The molecule has 0 aliphatic heterocycles. The van der Waals surface area contributed by atoms with Crippen LogP contribution >= 0.6 is 23.4 Å². The van der Waals surface area contributed by atoms with Gasteiger partial charge in [-0.3, -0.25) is 4.79 Å². The zero-order valence-corrected chi connectivity index (χ0v) is 15.1. The predicted molar refractivity (Wildman–Crippen MR) is 98.5 cm³/mol. The van der Waals surface area contributed by atoms with Crippen molar-refractivity contribution in [1.29, 1.82) is 0 Å². The quantitative estimate of drug-likeness (QED) is 0.650. The number of carbonyl (C=O) groups is 1. The molecule has 0 fully saturated rings. The van der Waals surface area contributed by atoms with E-state index in [-0.39, 0.29) is 17.7 Å². The highest BCUT2D eigenvalue weighted by atomic mass is 35.5. The van der Waals surface area contributed by atoms with Crippen molar-refractivity contribution in [2.45, 2.75) is 18.2 Å². The van der Waals surface area contributed by atoms with Crippen LogP contribution in [-0.4, -0.2) is 21.9 Å². The number of aromatic nitrogens is 2. The van der Waals surface area contributed by atoms with Crippen LogP contribution in [0, 0.1) is 0 Å². The number of nitrogens with one attached hydrogen (secondary N) is 1. The summed E-state index contributed by atoms with van der Waals surface area (Å²) in [6.07, 6.45) is 0. The molecule has 1 heterocycles. The van der Waals surface area contributed by atoms with Crippen LogP contribution in [0.3, 0.4) is 0 Å². The van der Waals surface area contributed by atoms with Crippen molar-refractivity contribution in [3.63, 3.8) is 0 Å². The number of rotatable bonds is 6. The molecule has 0 aliphatic rings. The normalized spacial score (nSPS) is 11.9. The van der Waals surface area contributed by atoms with Gasteiger partial charge in [0.05, 0.1) is 11.8 Å². The SMILES string of the molecule is C[C@@H](NC(=O)CSc1nnc(-c2ccc(Cl)cc2)o1)c1ccccc1. The molecule has 0 bridgehead atoms. The highest BCUT2D eigenvalue weighted by molar-refractivity contribution is 7.99. The maximum atomic E-state index is 12.1. The first-order chi connectivity index (χ1) is 12.1. The topological polar surface area (TPSA) is 68.0 Å². The molecule has 128 valence electrons. The molecule has 1 amide bonds. The third kappa shape index (κ3) is 4.84. The van der Waals surface area contributed by atoms with Crippen LogP contribution in [0.25, 0.3) is 11.5 Å². The molecule has 1 atom stereocenters. The molecule has 3 aromatic rings. The van der Waals surface area contributed by atoms with Gasteiger partial charge in [0.2, 0.25) is 11.8 Å². The van der Waals surface area contributed by atoms with Crippen molar-refractivity contribution in [2.24, 2.45) is 0 Å². The number of carbonyl (C=O) groups excluding carboxylic acids is 1. The minimum atomic E-state index is -0.0902. The van der Waals surface area contributed by atoms with Gasteiger partial charge in [-0.15, -0.1) is 10.2 Å². The Labute approximate surface area is 154 Å². The molecule has 0 aliphatic carbocycles. The lowest BCUT2D eigenvalue weighted by atomic mass is 10.1. The van der Waals surface area contributed by atoms with E-state index in [4.69, 9.17) is 16.0 Å². The molecule has 1 aromatic heterocycles. The summed E-state index contributed by atoms with van der Waals surface area (Å²) in [5.41, 5.74) is 1.84. The second-order valence-electron chi connectivity index (χ2n) is 5.37. The van der Waals surface area contributed by atoms with Gasteiger partial charge >= 0.3 is 0 Å². The van der Waals surface area contributed by atoms with E-state index in [1.165, 1.54) is 11.8 Å². The van der Waals surface area contributed by atoms with Crippen LogP contribution in [0.1, 0.15) is 18.5 Å². The summed E-state index contributed by atoms with van der Waals surface area (Å²) in [6, 6.07) is 16.9. The molecule has 0 unspecified atom stereocenters. The van der Waals surface area contributed by atoms with Crippen LogP contribution in [-0.2, 0) is 4.79 Å². The van der Waals surface area contributed by atoms with E-state index in [9.17, 15) is 4.79 Å². The van der Waals surface area contributed by atoms with Crippen LogP contribution < -0.4 is 5.32 Å². The molecule has 5 nitrogen and oxygen atoms in total. The van der Waals surface area contributed by atoms with Crippen molar-refractivity contribution in [3.8, 4) is 11.5 Å². The fraction of sp³-hybridized carbons (Fsp3) is 0.167. The number of benzene rings is 2. The van der Waals surface area contributed by atoms with Gasteiger partial charge in [0.1, 0.15) is 0 Å². The molecule has 0 saturated carbocycles. The molecular weight excluding hydrogens is 358 g/mol. The van der Waals surface area contributed by atoms with Crippen molar-refractivity contribution in [3.05, 3.63) is 65.2 Å². The van der Waals surface area contributed by atoms with E-state index in [1.54, 1.807) is 24.3 Å². The minimum Gasteiger partial charge on any atom is -0.411 e. The molecule has 3 rings (SSSR count). The summed E-state index contributed by atoms with van der Waals surface area (Å²) in [4.78, 5) is 12.1. The number of hydrogen-bond donors (Lipinski definition) is 1. The Morgan fingerprint density at radius 3 is 2.60 bits per heavy atom. The van der Waals surface area contributed by atoms with Crippen LogP contribution in [0.2, 0.25) is 5.02 Å². The Kier molecular flexibility index (Phi) is 5.73. The summed E-state index contributed by atoms with van der Waals surface area (Å²) in [5.74, 6) is 0.518. The zero-order valence-electron chi connectivity index (χ0n) is 13.5. The number of amides is 1. The van der Waals surface area contributed by atoms with E-state index < -0.39 is 0 Å². The van der Waals surface area contributed by atoms with E-state index in [0.29, 0.717) is 16.1 Å². The zero-order chi connectivity index (χ0) is 17.6. The van der Waals surface area contributed by atoms with Gasteiger partial charge in [-0.05, 0) is 36.8 Å². The fourth-order valence-electron chi connectivity index (χ4n) is 2.21. The third-order valence-electron chi connectivity index (χ3n) is 3.50. The minimum absolute atomic E-state index is 0.0541.